The van der Waals surface area contributed by atoms with Crippen LogP contribution >= 0.6 is 15.8 Å². The van der Waals surface area contributed by atoms with E-state index in [1.54, 1.807) is 12.1 Å². The van der Waals surface area contributed by atoms with Crippen LogP contribution in [0.1, 0.15) is 13.8 Å². The topological polar surface area (TPSA) is 47.6 Å². The third kappa shape index (κ3) is 17.3. The van der Waals surface area contributed by atoms with Gasteiger partial charge >= 0.3 is 7.25 Å². The van der Waals surface area contributed by atoms with E-state index in [0.717, 1.165) is 0 Å². The summed E-state index contributed by atoms with van der Waals surface area (Å²) in [6.45, 7) is 2.86. The second-order valence-electron chi connectivity index (χ2n) is 9.63. The van der Waals surface area contributed by atoms with Crippen LogP contribution in [-0.2, 0) is 20.4 Å². The van der Waals surface area contributed by atoms with Crippen molar-refractivity contribution in [2.75, 3.05) is 0 Å². The molecule has 6 rings (SSSR count). The van der Waals surface area contributed by atoms with E-state index in [2.05, 4.69) is 182 Å². The minimum atomic E-state index is -6.00. The van der Waals surface area contributed by atoms with Crippen molar-refractivity contribution in [3.05, 3.63) is 182 Å². The predicted octanol–water partition coefficient (Wildman–Crippen LogP) is 9.25. The maximum Gasteiger partial charge on any atom is 0.673 e. The molecule has 258 valence electrons. The van der Waals surface area contributed by atoms with Crippen LogP contribution in [0.2, 0.25) is 0 Å². The molecule has 0 N–H and O–H groups in total. The zero-order valence-corrected chi connectivity index (χ0v) is 30.9. The van der Waals surface area contributed by atoms with Crippen LogP contribution in [0.5, 0.6) is 0 Å². The van der Waals surface area contributed by atoms with Gasteiger partial charge in [-0.15, -0.1) is 0 Å². The molecule has 0 aromatic heterocycles. The zero-order valence-electron chi connectivity index (χ0n) is 27.5. The van der Waals surface area contributed by atoms with E-state index in [-0.39, 0.29) is 20.4 Å². The number of halogens is 4. The number of hydrogen-bond donors (Lipinski definition) is 0. The van der Waals surface area contributed by atoms with Crippen LogP contribution in [0.25, 0.3) is 0 Å². The van der Waals surface area contributed by atoms with Gasteiger partial charge in [0.05, 0.1) is 12.1 Å². The number of rotatable bonds is 6. The van der Waals surface area contributed by atoms with E-state index in [9.17, 15) is 17.3 Å². The van der Waals surface area contributed by atoms with Crippen LogP contribution in [0.15, 0.2) is 182 Å². The summed E-state index contributed by atoms with van der Waals surface area (Å²) < 4.78 is 39.0. The van der Waals surface area contributed by atoms with Gasteiger partial charge in [-0.05, 0) is 47.7 Å². The third-order valence-corrected chi connectivity index (χ3v) is 11.0. The second kappa shape index (κ2) is 25.6. The summed E-state index contributed by atoms with van der Waals surface area (Å²) in [5.41, 5.74) is 0. The number of nitrogens with zero attached hydrogens (tertiary/aromatic N) is 2. The van der Waals surface area contributed by atoms with Gasteiger partial charge in [-0.1, -0.05) is 182 Å². The first-order valence-corrected chi connectivity index (χ1v) is 17.8. The molecule has 0 bridgehead atoms. The Labute approximate surface area is 309 Å². The normalized spacial score (nSPS) is 9.56. The molecule has 0 radical (unpaired) electrons. The Balaban J connectivity index is 0.000000382. The van der Waals surface area contributed by atoms with Gasteiger partial charge in [0, 0.05) is 34.3 Å². The summed E-state index contributed by atoms with van der Waals surface area (Å²) in [6.07, 6.45) is 0. The summed E-state index contributed by atoms with van der Waals surface area (Å²) in [5.74, 6) is 0. The van der Waals surface area contributed by atoms with Gasteiger partial charge in [-0.3, -0.25) is 0 Å². The van der Waals surface area contributed by atoms with Crippen LogP contribution in [0, 0.1) is 22.7 Å². The molecule has 0 fully saturated rings. The Kier molecular flexibility index (Phi) is 22.3. The van der Waals surface area contributed by atoms with Gasteiger partial charge in [0.2, 0.25) is 0 Å². The summed E-state index contributed by atoms with van der Waals surface area (Å²) in [7, 11) is -6.89. The fourth-order valence-corrected chi connectivity index (χ4v) is 8.97. The number of hydrogen-bond acceptors (Lipinski definition) is 2. The molecule has 6 aromatic carbocycles. The van der Waals surface area contributed by atoms with Crippen molar-refractivity contribution in [1.82, 2.24) is 0 Å². The molecule has 0 saturated heterocycles. The summed E-state index contributed by atoms with van der Waals surface area (Å²) >= 11 is 0. The maximum atomic E-state index is 9.75. The Morgan fingerprint density at radius 1 is 0.360 bits per heavy atom. The first-order valence-electron chi connectivity index (χ1n) is 15.1. The molecule has 10 heteroatoms. The molecule has 6 aromatic rings. The molecular formula is C40H36BF4N2P2Pd-. The largest absolute Gasteiger partial charge is 0.673 e. The SMILES string of the molecule is CC#N.CC#N.F[B-](F)(F)F.[Pd].c1ccc(P(c2ccccc2)c2ccccc2)cc1.c1ccc(P(c2ccccc2)c2ccccc2)cc1. The van der Waals surface area contributed by atoms with Gasteiger partial charge in [0.25, 0.3) is 0 Å². The molecule has 50 heavy (non-hydrogen) atoms. The van der Waals surface area contributed by atoms with Crippen molar-refractivity contribution < 1.29 is 37.7 Å². The zero-order chi connectivity index (χ0) is 35.7. The molecule has 2 nitrogen and oxygen atoms in total. The van der Waals surface area contributed by atoms with Crippen LogP contribution in [0.4, 0.5) is 17.3 Å². The van der Waals surface area contributed by atoms with Crippen molar-refractivity contribution in [3.8, 4) is 12.1 Å². The van der Waals surface area contributed by atoms with Crippen LogP contribution in [0.3, 0.4) is 0 Å². The van der Waals surface area contributed by atoms with E-state index in [0.29, 0.717) is 0 Å². The Morgan fingerprint density at radius 3 is 0.560 bits per heavy atom. The van der Waals surface area contributed by atoms with Gasteiger partial charge in [-0.25, -0.2) is 0 Å². The smallest absolute Gasteiger partial charge is 0.418 e. The Hall–Kier alpha value is -4.39. The molecule has 0 atom stereocenters. The predicted molar refractivity (Wildman–Crippen MR) is 203 cm³/mol. The molecule has 0 amide bonds. The van der Waals surface area contributed by atoms with E-state index in [4.69, 9.17) is 10.5 Å². The average molecular weight is 800 g/mol. The Bertz CT molecular complexity index is 1470. The summed E-state index contributed by atoms with van der Waals surface area (Å²) in [5, 5.41) is 23.0. The maximum absolute atomic E-state index is 9.75. The van der Waals surface area contributed by atoms with E-state index in [1.807, 2.05) is 0 Å². The average Bonchev–Trinajstić information content (AvgIpc) is 3.12. The molecule has 0 unspecified atom stereocenters. The summed E-state index contributed by atoms with van der Waals surface area (Å²) in [4.78, 5) is 0. The van der Waals surface area contributed by atoms with Gasteiger partial charge < -0.3 is 17.3 Å². The molecule has 0 aliphatic carbocycles. The van der Waals surface area contributed by atoms with Crippen LogP contribution < -0.4 is 31.8 Å². The van der Waals surface area contributed by atoms with Crippen molar-refractivity contribution in [1.29, 1.82) is 10.5 Å². The van der Waals surface area contributed by atoms with Crippen molar-refractivity contribution in [3.63, 3.8) is 0 Å². The number of nitriles is 2. The quantitative estimate of drug-likeness (QED) is 0.0959. The molecular weight excluding hydrogens is 764 g/mol. The van der Waals surface area contributed by atoms with Crippen LogP contribution in [-0.4, -0.2) is 7.25 Å². The first-order chi connectivity index (χ1) is 23.7. The Morgan fingerprint density at radius 2 is 0.460 bits per heavy atom. The first kappa shape index (κ1) is 43.6. The third-order valence-electron chi connectivity index (χ3n) is 6.09. The molecule has 0 heterocycles. The fraction of sp³-hybridized carbons (Fsp3) is 0.0500. The van der Waals surface area contributed by atoms with Gasteiger partial charge in [-0.2, -0.15) is 10.5 Å². The minimum Gasteiger partial charge on any atom is -0.418 e. The van der Waals surface area contributed by atoms with E-state index in [1.165, 1.54) is 45.7 Å². The van der Waals surface area contributed by atoms with Crippen molar-refractivity contribution in [2.24, 2.45) is 0 Å². The van der Waals surface area contributed by atoms with E-state index >= 15 is 0 Å². The van der Waals surface area contributed by atoms with E-state index < -0.39 is 23.1 Å². The molecule has 0 aliphatic heterocycles. The second-order valence-corrected chi connectivity index (χ2v) is 14.1. The fourth-order valence-electron chi connectivity index (χ4n) is 4.36. The van der Waals surface area contributed by atoms with Crippen molar-refractivity contribution >= 4 is 54.9 Å². The van der Waals surface area contributed by atoms with Gasteiger partial charge in [0.1, 0.15) is 0 Å². The summed E-state index contributed by atoms with van der Waals surface area (Å²) in [6, 6.07) is 68.2. The standard InChI is InChI=1S/2C18H15P.2C2H3N.BF4.Pd/c2*1-4-10-16(11-5-1)19(17-12-6-2-7-13-17)18-14-8-3-9-15-18;2*1-2-3;2-1(3,4)5;/h2*1-15H;2*1H3;;/q;;;;-1;. The van der Waals surface area contributed by atoms with Crippen molar-refractivity contribution in [2.45, 2.75) is 13.8 Å². The monoisotopic (exact) mass is 799 g/mol. The minimum absolute atomic E-state index is 0. The molecule has 0 spiro atoms. The molecule has 0 aliphatic rings. The van der Waals surface area contributed by atoms with Gasteiger partial charge in [0.15, 0.2) is 0 Å². The molecule has 0 saturated carbocycles. The number of benzene rings is 6.